The lowest BCUT2D eigenvalue weighted by Gasteiger charge is -2.04. The summed E-state index contributed by atoms with van der Waals surface area (Å²) in [7, 11) is 0. The Morgan fingerprint density at radius 2 is 1.88 bits per heavy atom. The third-order valence-electron chi connectivity index (χ3n) is 2.16. The lowest BCUT2D eigenvalue weighted by molar-refractivity contribution is 0.112. The Kier molecular flexibility index (Phi) is 2.72. The fourth-order valence-corrected chi connectivity index (χ4v) is 1.44. The van der Waals surface area contributed by atoms with E-state index in [4.69, 9.17) is 0 Å². The third-order valence-corrected chi connectivity index (χ3v) is 2.16. The molecule has 0 aliphatic rings. The van der Waals surface area contributed by atoms with Gasteiger partial charge in [-0.3, -0.25) is 9.78 Å². The minimum absolute atomic E-state index is 0.300. The van der Waals surface area contributed by atoms with Crippen LogP contribution in [0, 0.1) is 11.6 Å². The summed E-state index contributed by atoms with van der Waals surface area (Å²) in [5, 5.41) is 0. The van der Waals surface area contributed by atoms with Gasteiger partial charge in [-0.2, -0.15) is 0 Å². The molecule has 4 heteroatoms. The van der Waals surface area contributed by atoms with E-state index < -0.39 is 11.6 Å². The highest BCUT2D eigenvalue weighted by molar-refractivity contribution is 5.87. The molecule has 0 saturated heterocycles. The van der Waals surface area contributed by atoms with E-state index in [1.165, 1.54) is 30.5 Å². The molecule has 0 atom stereocenters. The van der Waals surface area contributed by atoms with E-state index in [1.54, 1.807) is 0 Å². The van der Waals surface area contributed by atoms with Crippen LogP contribution in [-0.2, 0) is 0 Å². The monoisotopic (exact) mass is 219 g/mol. The fraction of sp³-hybridized carbons (Fsp3) is 0. The number of halogens is 2. The lowest BCUT2D eigenvalue weighted by atomic mass is 10.0. The fourth-order valence-electron chi connectivity index (χ4n) is 1.44. The van der Waals surface area contributed by atoms with Gasteiger partial charge in [-0.15, -0.1) is 0 Å². The van der Waals surface area contributed by atoms with Crippen molar-refractivity contribution in [2.75, 3.05) is 0 Å². The average molecular weight is 219 g/mol. The number of carbonyl (C=O) groups excluding carboxylic acids is 1. The molecule has 2 nitrogen and oxygen atoms in total. The van der Waals surface area contributed by atoms with Crippen LogP contribution in [0.25, 0.3) is 11.1 Å². The first-order chi connectivity index (χ1) is 7.70. The van der Waals surface area contributed by atoms with Crippen molar-refractivity contribution in [3.05, 3.63) is 53.9 Å². The van der Waals surface area contributed by atoms with E-state index >= 15 is 0 Å². The molecule has 2 rings (SSSR count). The van der Waals surface area contributed by atoms with Gasteiger partial charge in [-0.25, -0.2) is 8.78 Å². The molecule has 0 amide bonds. The summed E-state index contributed by atoms with van der Waals surface area (Å²) in [5.74, 6) is -1.01. The molecule has 1 aromatic carbocycles. The van der Waals surface area contributed by atoms with E-state index in [-0.39, 0.29) is 0 Å². The zero-order valence-electron chi connectivity index (χ0n) is 8.15. The van der Waals surface area contributed by atoms with Crippen LogP contribution in [0.2, 0.25) is 0 Å². The highest BCUT2D eigenvalue weighted by Crippen LogP contribution is 2.23. The molecule has 0 fully saturated rings. The number of aldehydes is 1. The van der Waals surface area contributed by atoms with Gasteiger partial charge in [0.25, 0.3) is 0 Å². The number of rotatable bonds is 2. The van der Waals surface area contributed by atoms with Gasteiger partial charge in [0.05, 0.1) is 6.20 Å². The number of hydrogen-bond acceptors (Lipinski definition) is 2. The summed E-state index contributed by atoms with van der Waals surface area (Å²) >= 11 is 0. The zero-order chi connectivity index (χ0) is 11.5. The topological polar surface area (TPSA) is 30.0 Å². The van der Waals surface area contributed by atoms with Crippen LogP contribution >= 0.6 is 0 Å². The molecular weight excluding hydrogens is 212 g/mol. The van der Waals surface area contributed by atoms with E-state index in [1.807, 2.05) is 0 Å². The van der Waals surface area contributed by atoms with Crippen molar-refractivity contribution in [2.45, 2.75) is 0 Å². The van der Waals surface area contributed by atoms with Crippen LogP contribution in [0.4, 0.5) is 8.78 Å². The van der Waals surface area contributed by atoms with Gasteiger partial charge in [0, 0.05) is 17.3 Å². The molecular formula is C12H7F2NO. The molecule has 1 heterocycles. The smallest absolute Gasteiger partial charge is 0.150 e. The molecule has 0 saturated carbocycles. The number of pyridine rings is 1. The molecule has 0 bridgehead atoms. The largest absolute Gasteiger partial charge is 0.298 e. The van der Waals surface area contributed by atoms with E-state index in [2.05, 4.69) is 4.98 Å². The van der Waals surface area contributed by atoms with E-state index in [0.29, 0.717) is 23.0 Å². The summed E-state index contributed by atoms with van der Waals surface area (Å²) in [6, 6.07) is 4.91. The quantitative estimate of drug-likeness (QED) is 0.727. The highest BCUT2D eigenvalue weighted by Gasteiger charge is 2.07. The molecule has 0 radical (unpaired) electrons. The Morgan fingerprint density at radius 3 is 2.56 bits per heavy atom. The lowest BCUT2D eigenvalue weighted by Crippen LogP contribution is -1.90. The Bertz CT molecular complexity index is 540. The first-order valence-electron chi connectivity index (χ1n) is 4.56. The molecule has 0 N–H and O–H groups in total. The predicted molar refractivity (Wildman–Crippen MR) is 55.0 cm³/mol. The molecule has 80 valence electrons. The average Bonchev–Trinajstić information content (AvgIpc) is 2.29. The Labute approximate surface area is 90.6 Å². The van der Waals surface area contributed by atoms with Crippen molar-refractivity contribution in [3.63, 3.8) is 0 Å². The predicted octanol–water partition coefficient (Wildman–Crippen LogP) is 2.84. The summed E-state index contributed by atoms with van der Waals surface area (Å²) in [5.41, 5.74) is 1.01. The van der Waals surface area contributed by atoms with Crippen LogP contribution in [-0.4, -0.2) is 11.3 Å². The van der Waals surface area contributed by atoms with Gasteiger partial charge >= 0.3 is 0 Å². The Hall–Kier alpha value is -2.10. The third kappa shape index (κ3) is 1.95. The minimum atomic E-state index is -0.529. The number of aromatic nitrogens is 1. The van der Waals surface area contributed by atoms with Crippen molar-refractivity contribution in [1.29, 1.82) is 0 Å². The number of hydrogen-bond donors (Lipinski definition) is 0. The minimum Gasteiger partial charge on any atom is -0.298 e. The van der Waals surface area contributed by atoms with Crippen molar-refractivity contribution in [3.8, 4) is 11.1 Å². The molecule has 16 heavy (non-hydrogen) atoms. The number of benzene rings is 1. The van der Waals surface area contributed by atoms with Crippen molar-refractivity contribution >= 4 is 6.29 Å². The van der Waals surface area contributed by atoms with Crippen LogP contribution < -0.4 is 0 Å². The van der Waals surface area contributed by atoms with Crippen LogP contribution in [0.15, 0.2) is 36.7 Å². The normalized spacial score (nSPS) is 10.1. The van der Waals surface area contributed by atoms with E-state index in [9.17, 15) is 13.6 Å². The maximum atomic E-state index is 13.0. The van der Waals surface area contributed by atoms with Crippen molar-refractivity contribution in [1.82, 2.24) is 4.98 Å². The summed E-state index contributed by atoms with van der Waals surface area (Å²) in [4.78, 5) is 14.4. The van der Waals surface area contributed by atoms with Crippen molar-refractivity contribution < 1.29 is 13.6 Å². The van der Waals surface area contributed by atoms with Gasteiger partial charge in [0.15, 0.2) is 6.29 Å². The van der Waals surface area contributed by atoms with E-state index in [0.717, 1.165) is 6.20 Å². The van der Waals surface area contributed by atoms with Gasteiger partial charge < -0.3 is 0 Å². The van der Waals surface area contributed by atoms with Crippen LogP contribution in [0.1, 0.15) is 10.4 Å². The van der Waals surface area contributed by atoms with Gasteiger partial charge in [-0.1, -0.05) is 0 Å². The van der Waals surface area contributed by atoms with Crippen LogP contribution in [0.5, 0.6) is 0 Å². The number of carbonyl (C=O) groups is 1. The first-order valence-corrected chi connectivity index (χ1v) is 4.56. The second-order valence-electron chi connectivity index (χ2n) is 3.24. The summed E-state index contributed by atoms with van der Waals surface area (Å²) < 4.78 is 26.0. The SMILES string of the molecule is O=Cc1ccc(F)cc1-c1cncc(F)c1. The maximum Gasteiger partial charge on any atom is 0.150 e. The molecule has 0 aliphatic heterocycles. The standard InChI is InChI=1S/C12H7F2NO/c13-10-2-1-8(7-16)12(4-10)9-3-11(14)6-15-5-9/h1-7H. The molecule has 0 unspecified atom stereocenters. The Balaban J connectivity index is 2.62. The zero-order valence-corrected chi connectivity index (χ0v) is 8.15. The molecule has 0 aliphatic carbocycles. The van der Waals surface area contributed by atoms with Gasteiger partial charge in [0.1, 0.15) is 11.6 Å². The molecule has 0 spiro atoms. The van der Waals surface area contributed by atoms with Gasteiger partial charge in [0.2, 0.25) is 0 Å². The molecule has 2 aromatic rings. The van der Waals surface area contributed by atoms with Crippen molar-refractivity contribution in [2.24, 2.45) is 0 Å². The van der Waals surface area contributed by atoms with Crippen LogP contribution in [0.3, 0.4) is 0 Å². The Morgan fingerprint density at radius 1 is 1.06 bits per heavy atom. The van der Waals surface area contributed by atoms with Gasteiger partial charge in [-0.05, 0) is 29.8 Å². The highest BCUT2D eigenvalue weighted by atomic mass is 19.1. The maximum absolute atomic E-state index is 13.0. The summed E-state index contributed by atoms with van der Waals surface area (Å²) in [6.45, 7) is 0. The first kappa shape index (κ1) is 10.4. The summed E-state index contributed by atoms with van der Waals surface area (Å²) in [6.07, 6.45) is 3.02. The second kappa shape index (κ2) is 4.18. The number of nitrogens with zero attached hydrogens (tertiary/aromatic N) is 1. The second-order valence-corrected chi connectivity index (χ2v) is 3.24. The molecule has 1 aromatic heterocycles.